The number of anilines is 2. The molecule has 2 aromatic rings. The van der Waals surface area contributed by atoms with E-state index in [-0.39, 0.29) is 6.03 Å². The van der Waals surface area contributed by atoms with Gasteiger partial charge in [-0.2, -0.15) is 5.10 Å². The highest BCUT2D eigenvalue weighted by molar-refractivity contribution is 5.99. The van der Waals surface area contributed by atoms with Gasteiger partial charge in [0.25, 0.3) is 0 Å². The number of carbonyl (C=O) groups is 1. The van der Waals surface area contributed by atoms with E-state index in [1.54, 1.807) is 17.9 Å². The van der Waals surface area contributed by atoms with E-state index in [4.69, 9.17) is 4.74 Å². The third-order valence-electron chi connectivity index (χ3n) is 3.63. The Balaban J connectivity index is 1.73. The molecule has 22 heavy (non-hydrogen) atoms. The first-order valence-corrected chi connectivity index (χ1v) is 7.15. The number of fused-ring (bicyclic) bond motifs is 1. The van der Waals surface area contributed by atoms with Gasteiger partial charge in [-0.3, -0.25) is 10.00 Å². The molecule has 0 spiro atoms. The van der Waals surface area contributed by atoms with Gasteiger partial charge in [-0.05, 0) is 12.1 Å². The van der Waals surface area contributed by atoms with Crippen LogP contribution in [0.25, 0.3) is 0 Å². The summed E-state index contributed by atoms with van der Waals surface area (Å²) in [5.74, 6) is 1.42. The zero-order valence-electron chi connectivity index (χ0n) is 12.6. The number of benzene rings is 1. The van der Waals surface area contributed by atoms with Crippen molar-refractivity contribution in [3.05, 3.63) is 35.5 Å². The van der Waals surface area contributed by atoms with Crippen molar-refractivity contribution in [2.45, 2.75) is 13.0 Å². The van der Waals surface area contributed by atoms with Gasteiger partial charge in [0, 0.05) is 43.9 Å². The summed E-state index contributed by atoms with van der Waals surface area (Å²) in [4.78, 5) is 12.2. The Morgan fingerprint density at radius 3 is 3.09 bits per heavy atom. The normalized spacial score (nSPS) is 13.4. The highest BCUT2D eigenvalue weighted by atomic mass is 16.5. The molecule has 0 bridgehead atoms. The molecule has 2 heterocycles. The number of aryl methyl sites for hydroxylation is 1. The molecule has 1 aromatic heterocycles. The van der Waals surface area contributed by atoms with Crippen LogP contribution in [0.3, 0.4) is 0 Å². The van der Waals surface area contributed by atoms with Gasteiger partial charge in [-0.1, -0.05) is 6.07 Å². The lowest BCUT2D eigenvalue weighted by atomic mass is 10.1. The lowest BCUT2D eigenvalue weighted by Gasteiger charge is -2.14. The first kappa shape index (κ1) is 14.4. The van der Waals surface area contributed by atoms with Gasteiger partial charge in [-0.15, -0.1) is 0 Å². The van der Waals surface area contributed by atoms with E-state index >= 15 is 0 Å². The van der Waals surface area contributed by atoms with E-state index < -0.39 is 0 Å². The molecule has 0 unspecified atom stereocenters. The molecule has 0 aliphatic carbocycles. The molecular weight excluding hydrogens is 282 g/mol. The van der Waals surface area contributed by atoms with Gasteiger partial charge >= 0.3 is 6.03 Å². The van der Waals surface area contributed by atoms with Gasteiger partial charge in [0.2, 0.25) is 0 Å². The molecule has 1 aliphatic heterocycles. The average molecular weight is 301 g/mol. The SMILES string of the molecule is COc1cccc(NC(=O)Nc2c3c(nn2C)CCNC3)c1. The molecule has 2 amide bonds. The van der Waals surface area contributed by atoms with E-state index in [2.05, 4.69) is 21.0 Å². The number of hydrogen-bond acceptors (Lipinski definition) is 4. The lowest BCUT2D eigenvalue weighted by Crippen LogP contribution is -2.25. The molecule has 0 atom stereocenters. The molecule has 0 saturated carbocycles. The Bertz CT molecular complexity index is 695. The summed E-state index contributed by atoms with van der Waals surface area (Å²) in [6.45, 7) is 1.64. The summed E-state index contributed by atoms with van der Waals surface area (Å²) in [5, 5.41) is 13.4. The summed E-state index contributed by atoms with van der Waals surface area (Å²) in [6.07, 6.45) is 0.877. The van der Waals surface area contributed by atoms with Crippen LogP contribution in [0.4, 0.5) is 16.3 Å². The summed E-state index contributed by atoms with van der Waals surface area (Å²) in [5.41, 5.74) is 2.76. The van der Waals surface area contributed by atoms with Crippen molar-refractivity contribution >= 4 is 17.5 Å². The third kappa shape index (κ3) is 2.89. The molecule has 116 valence electrons. The minimum absolute atomic E-state index is 0.301. The van der Waals surface area contributed by atoms with Crippen LogP contribution in [-0.2, 0) is 20.0 Å². The van der Waals surface area contributed by atoms with Crippen LogP contribution in [0.15, 0.2) is 24.3 Å². The molecule has 1 aliphatic rings. The second-order valence-corrected chi connectivity index (χ2v) is 5.14. The maximum Gasteiger partial charge on any atom is 0.324 e. The number of carbonyl (C=O) groups excluding carboxylic acids is 1. The van der Waals surface area contributed by atoms with Crippen LogP contribution in [0.2, 0.25) is 0 Å². The standard InChI is InChI=1S/C15H19N5O2/c1-20-14(12-9-16-7-6-13(12)19-20)18-15(21)17-10-4-3-5-11(8-10)22-2/h3-5,8,16H,6-7,9H2,1-2H3,(H2,17,18,21). The second kappa shape index (κ2) is 6.07. The molecular formula is C15H19N5O2. The van der Waals surface area contributed by atoms with Crippen LogP contribution in [0.5, 0.6) is 5.75 Å². The minimum atomic E-state index is -0.301. The third-order valence-corrected chi connectivity index (χ3v) is 3.63. The summed E-state index contributed by atoms with van der Waals surface area (Å²) in [6, 6.07) is 6.92. The Morgan fingerprint density at radius 2 is 2.27 bits per heavy atom. The fourth-order valence-corrected chi connectivity index (χ4v) is 2.56. The molecule has 3 rings (SSSR count). The number of aromatic nitrogens is 2. The Kier molecular flexibility index (Phi) is 3.97. The molecule has 7 heteroatoms. The molecule has 0 radical (unpaired) electrons. The maximum atomic E-state index is 12.2. The number of nitrogens with one attached hydrogen (secondary N) is 3. The number of rotatable bonds is 3. The highest BCUT2D eigenvalue weighted by Gasteiger charge is 2.20. The fraction of sp³-hybridized carbons (Fsp3) is 0.333. The van der Waals surface area contributed by atoms with Crippen molar-refractivity contribution in [2.75, 3.05) is 24.3 Å². The predicted octanol–water partition coefficient (Wildman–Crippen LogP) is 1.72. The zero-order chi connectivity index (χ0) is 15.5. The first-order valence-electron chi connectivity index (χ1n) is 7.15. The van der Waals surface area contributed by atoms with Crippen molar-refractivity contribution < 1.29 is 9.53 Å². The van der Waals surface area contributed by atoms with Crippen LogP contribution in [-0.4, -0.2) is 29.5 Å². The molecule has 1 aromatic carbocycles. The van der Waals surface area contributed by atoms with Crippen molar-refractivity contribution in [3.8, 4) is 5.75 Å². The smallest absolute Gasteiger partial charge is 0.324 e. The number of hydrogen-bond donors (Lipinski definition) is 3. The van der Waals surface area contributed by atoms with Gasteiger partial charge in [0.1, 0.15) is 11.6 Å². The summed E-state index contributed by atoms with van der Waals surface area (Å²) in [7, 11) is 3.42. The van der Waals surface area contributed by atoms with E-state index in [9.17, 15) is 4.79 Å². The highest BCUT2D eigenvalue weighted by Crippen LogP contribution is 2.22. The van der Waals surface area contributed by atoms with Crippen molar-refractivity contribution in [2.24, 2.45) is 7.05 Å². The van der Waals surface area contributed by atoms with Gasteiger partial charge in [0.15, 0.2) is 0 Å². The second-order valence-electron chi connectivity index (χ2n) is 5.14. The van der Waals surface area contributed by atoms with E-state index in [0.717, 1.165) is 36.6 Å². The van der Waals surface area contributed by atoms with Gasteiger partial charge < -0.3 is 15.4 Å². The van der Waals surface area contributed by atoms with Crippen molar-refractivity contribution in [1.29, 1.82) is 0 Å². The summed E-state index contributed by atoms with van der Waals surface area (Å²) < 4.78 is 6.85. The van der Waals surface area contributed by atoms with Crippen LogP contribution < -0.4 is 20.7 Å². The lowest BCUT2D eigenvalue weighted by molar-refractivity contribution is 0.262. The number of nitrogens with zero attached hydrogens (tertiary/aromatic N) is 2. The van der Waals surface area contributed by atoms with E-state index in [1.807, 2.05) is 25.2 Å². The maximum absolute atomic E-state index is 12.2. The Labute approximate surface area is 128 Å². The Morgan fingerprint density at radius 1 is 1.41 bits per heavy atom. The number of methoxy groups -OCH3 is 1. The number of amides is 2. The molecule has 0 fully saturated rings. The Hall–Kier alpha value is -2.54. The fourth-order valence-electron chi connectivity index (χ4n) is 2.56. The monoisotopic (exact) mass is 301 g/mol. The van der Waals surface area contributed by atoms with E-state index in [0.29, 0.717) is 11.4 Å². The van der Waals surface area contributed by atoms with Crippen LogP contribution in [0.1, 0.15) is 11.3 Å². The minimum Gasteiger partial charge on any atom is -0.497 e. The van der Waals surface area contributed by atoms with Crippen LogP contribution in [0, 0.1) is 0 Å². The van der Waals surface area contributed by atoms with Crippen LogP contribution >= 0.6 is 0 Å². The largest absolute Gasteiger partial charge is 0.497 e. The summed E-state index contributed by atoms with van der Waals surface area (Å²) >= 11 is 0. The number of ether oxygens (including phenoxy) is 1. The zero-order valence-corrected chi connectivity index (χ0v) is 12.6. The average Bonchev–Trinajstić information content (AvgIpc) is 2.83. The number of urea groups is 1. The predicted molar refractivity (Wildman–Crippen MR) is 84.3 cm³/mol. The molecule has 0 saturated heterocycles. The quantitative estimate of drug-likeness (QED) is 0.806. The van der Waals surface area contributed by atoms with Crippen molar-refractivity contribution in [3.63, 3.8) is 0 Å². The first-order chi connectivity index (χ1) is 10.7. The molecule has 3 N–H and O–H groups in total. The van der Waals surface area contributed by atoms with Gasteiger partial charge in [-0.25, -0.2) is 4.79 Å². The van der Waals surface area contributed by atoms with E-state index in [1.165, 1.54) is 0 Å². The van der Waals surface area contributed by atoms with Gasteiger partial charge in [0.05, 0.1) is 12.8 Å². The molecule has 7 nitrogen and oxygen atoms in total. The van der Waals surface area contributed by atoms with Crippen molar-refractivity contribution in [1.82, 2.24) is 15.1 Å². The topological polar surface area (TPSA) is 80.2 Å².